The molecule has 1 heterocycles. The molecule has 0 aliphatic carbocycles. The minimum Gasteiger partial charge on any atom is -0.338 e. The van der Waals surface area contributed by atoms with Crippen LogP contribution in [-0.2, 0) is 20.9 Å². The molecule has 1 aromatic rings. The fraction of sp³-hybridized carbons (Fsp3) is 0.500. The Morgan fingerprint density at radius 2 is 1.86 bits per heavy atom. The van der Waals surface area contributed by atoms with Gasteiger partial charge in [-0.25, -0.2) is 0 Å². The van der Waals surface area contributed by atoms with Crippen LogP contribution in [0.1, 0.15) is 45.1 Å². The van der Waals surface area contributed by atoms with E-state index in [0.29, 0.717) is 25.9 Å². The largest absolute Gasteiger partial charge is 0.338 e. The molecule has 0 aromatic heterocycles. The number of amides is 1. The summed E-state index contributed by atoms with van der Waals surface area (Å²) in [4.78, 5) is 38.1. The molecule has 22 heavy (non-hydrogen) atoms. The molecule has 2 rings (SSSR count). The monoisotopic (exact) mass is 301 g/mol. The standard InChI is InChI=1S/C18H23NO3/c1-14(20)9-11-18(15(2)21)10-6-12-19(17(18)22)13-16-7-4-3-5-8-16/h3-5,7-8H,6,9-13H2,1-2H3. The van der Waals surface area contributed by atoms with Crippen molar-refractivity contribution in [2.45, 2.75) is 46.1 Å². The zero-order chi connectivity index (χ0) is 16.2. The summed E-state index contributed by atoms with van der Waals surface area (Å²) in [6.07, 6.45) is 1.97. The highest BCUT2D eigenvalue weighted by molar-refractivity contribution is 6.05. The molecule has 0 radical (unpaired) electrons. The van der Waals surface area contributed by atoms with Crippen molar-refractivity contribution >= 4 is 17.5 Å². The van der Waals surface area contributed by atoms with E-state index in [-0.39, 0.29) is 23.9 Å². The third kappa shape index (κ3) is 3.43. The van der Waals surface area contributed by atoms with Crippen LogP contribution in [0.3, 0.4) is 0 Å². The number of hydrogen-bond acceptors (Lipinski definition) is 3. The summed E-state index contributed by atoms with van der Waals surface area (Å²) in [6.45, 7) is 4.17. The molecule has 0 bridgehead atoms. The smallest absolute Gasteiger partial charge is 0.236 e. The van der Waals surface area contributed by atoms with Crippen molar-refractivity contribution in [1.29, 1.82) is 0 Å². The third-order valence-corrected chi connectivity index (χ3v) is 4.52. The van der Waals surface area contributed by atoms with Crippen LogP contribution in [0.4, 0.5) is 0 Å². The first-order valence-electron chi connectivity index (χ1n) is 7.79. The molecule has 1 aromatic carbocycles. The topological polar surface area (TPSA) is 54.5 Å². The summed E-state index contributed by atoms with van der Waals surface area (Å²) in [5, 5.41) is 0. The Balaban J connectivity index is 2.19. The molecule has 1 fully saturated rings. The fourth-order valence-corrected chi connectivity index (χ4v) is 3.16. The number of ketones is 2. The molecule has 0 spiro atoms. The van der Waals surface area contributed by atoms with E-state index in [1.807, 2.05) is 30.3 Å². The van der Waals surface area contributed by atoms with E-state index in [1.165, 1.54) is 13.8 Å². The van der Waals surface area contributed by atoms with E-state index >= 15 is 0 Å². The molecule has 0 saturated carbocycles. The second-order valence-electron chi connectivity index (χ2n) is 6.16. The quantitative estimate of drug-likeness (QED) is 0.759. The van der Waals surface area contributed by atoms with Gasteiger partial charge in [0.25, 0.3) is 0 Å². The maximum absolute atomic E-state index is 12.9. The van der Waals surface area contributed by atoms with Crippen LogP contribution < -0.4 is 0 Å². The molecule has 1 atom stereocenters. The Bertz CT molecular complexity index is 567. The van der Waals surface area contributed by atoms with Crippen molar-refractivity contribution in [3.05, 3.63) is 35.9 Å². The molecule has 1 aliphatic heterocycles. The molecular weight excluding hydrogens is 278 g/mol. The summed E-state index contributed by atoms with van der Waals surface area (Å²) >= 11 is 0. The Labute approximate surface area is 131 Å². The number of likely N-dealkylation sites (tertiary alicyclic amines) is 1. The van der Waals surface area contributed by atoms with E-state index in [0.717, 1.165) is 12.0 Å². The van der Waals surface area contributed by atoms with Gasteiger partial charge in [0.1, 0.15) is 17.0 Å². The number of hydrogen-bond donors (Lipinski definition) is 0. The van der Waals surface area contributed by atoms with Crippen molar-refractivity contribution in [2.24, 2.45) is 5.41 Å². The predicted molar refractivity (Wildman–Crippen MR) is 84.1 cm³/mol. The summed E-state index contributed by atoms with van der Waals surface area (Å²) < 4.78 is 0. The molecule has 1 amide bonds. The Kier molecular flexibility index (Phi) is 5.11. The lowest BCUT2D eigenvalue weighted by atomic mass is 9.72. The highest BCUT2D eigenvalue weighted by Gasteiger charge is 2.47. The average molecular weight is 301 g/mol. The lowest BCUT2D eigenvalue weighted by molar-refractivity contribution is -0.154. The van der Waals surface area contributed by atoms with Crippen LogP contribution in [0, 0.1) is 5.41 Å². The van der Waals surface area contributed by atoms with Gasteiger partial charge >= 0.3 is 0 Å². The summed E-state index contributed by atoms with van der Waals surface area (Å²) in [6, 6.07) is 9.78. The van der Waals surface area contributed by atoms with Gasteiger partial charge in [0, 0.05) is 19.5 Å². The highest BCUT2D eigenvalue weighted by atomic mass is 16.2. The molecule has 0 N–H and O–H groups in total. The van der Waals surface area contributed by atoms with Crippen LogP contribution in [0.25, 0.3) is 0 Å². The van der Waals surface area contributed by atoms with Crippen LogP contribution in [0.15, 0.2) is 30.3 Å². The van der Waals surface area contributed by atoms with E-state index in [9.17, 15) is 14.4 Å². The number of rotatable bonds is 6. The molecule has 4 heteroatoms. The first-order chi connectivity index (χ1) is 10.5. The minimum atomic E-state index is -1.00. The predicted octanol–water partition coefficient (Wildman–Crippen LogP) is 2.75. The first kappa shape index (κ1) is 16.4. The Morgan fingerprint density at radius 1 is 1.18 bits per heavy atom. The SMILES string of the molecule is CC(=O)CCC1(C(C)=O)CCCN(Cc2ccccc2)C1=O. The highest BCUT2D eigenvalue weighted by Crippen LogP contribution is 2.37. The number of carbonyl (C=O) groups is 3. The van der Waals surface area contributed by atoms with Gasteiger partial charge in [-0.05, 0) is 38.7 Å². The fourth-order valence-electron chi connectivity index (χ4n) is 3.16. The molecule has 1 saturated heterocycles. The minimum absolute atomic E-state index is 0.0219. The lowest BCUT2D eigenvalue weighted by Gasteiger charge is -2.40. The lowest BCUT2D eigenvalue weighted by Crippen LogP contribution is -2.52. The molecule has 4 nitrogen and oxygen atoms in total. The van der Waals surface area contributed by atoms with Gasteiger partial charge in [0.2, 0.25) is 5.91 Å². The molecule has 1 unspecified atom stereocenters. The van der Waals surface area contributed by atoms with Gasteiger partial charge in [-0.3, -0.25) is 9.59 Å². The van der Waals surface area contributed by atoms with Crippen molar-refractivity contribution in [3.8, 4) is 0 Å². The second-order valence-corrected chi connectivity index (χ2v) is 6.16. The van der Waals surface area contributed by atoms with Gasteiger partial charge < -0.3 is 9.69 Å². The molecule has 1 aliphatic rings. The number of benzene rings is 1. The van der Waals surface area contributed by atoms with Gasteiger partial charge in [-0.15, -0.1) is 0 Å². The average Bonchev–Trinajstić information content (AvgIpc) is 2.49. The van der Waals surface area contributed by atoms with Gasteiger partial charge in [-0.1, -0.05) is 30.3 Å². The first-order valence-corrected chi connectivity index (χ1v) is 7.79. The van der Waals surface area contributed by atoms with E-state index < -0.39 is 5.41 Å². The Morgan fingerprint density at radius 3 is 2.45 bits per heavy atom. The zero-order valence-electron chi connectivity index (χ0n) is 13.3. The van der Waals surface area contributed by atoms with Crippen LogP contribution >= 0.6 is 0 Å². The van der Waals surface area contributed by atoms with Crippen LogP contribution in [-0.4, -0.2) is 28.9 Å². The third-order valence-electron chi connectivity index (χ3n) is 4.52. The van der Waals surface area contributed by atoms with Gasteiger partial charge in [0.05, 0.1) is 0 Å². The molecular formula is C18H23NO3. The van der Waals surface area contributed by atoms with Gasteiger partial charge in [0.15, 0.2) is 0 Å². The molecule has 118 valence electrons. The van der Waals surface area contributed by atoms with Crippen molar-refractivity contribution in [1.82, 2.24) is 4.90 Å². The van der Waals surface area contributed by atoms with Crippen molar-refractivity contribution < 1.29 is 14.4 Å². The zero-order valence-corrected chi connectivity index (χ0v) is 13.3. The summed E-state index contributed by atoms with van der Waals surface area (Å²) in [5.74, 6) is -0.207. The van der Waals surface area contributed by atoms with Gasteiger partial charge in [-0.2, -0.15) is 0 Å². The van der Waals surface area contributed by atoms with Crippen LogP contribution in [0.2, 0.25) is 0 Å². The maximum atomic E-state index is 12.9. The number of carbonyl (C=O) groups excluding carboxylic acids is 3. The maximum Gasteiger partial charge on any atom is 0.236 e. The number of Topliss-reactive ketones (excluding diaryl/α,β-unsaturated/α-hetero) is 2. The van der Waals surface area contributed by atoms with E-state index in [4.69, 9.17) is 0 Å². The van der Waals surface area contributed by atoms with Crippen LogP contribution in [0.5, 0.6) is 0 Å². The van der Waals surface area contributed by atoms with Crippen molar-refractivity contribution in [3.63, 3.8) is 0 Å². The van der Waals surface area contributed by atoms with Crippen molar-refractivity contribution in [2.75, 3.05) is 6.54 Å². The van der Waals surface area contributed by atoms with E-state index in [2.05, 4.69) is 0 Å². The second kappa shape index (κ2) is 6.86. The number of piperidine rings is 1. The normalized spacial score (nSPS) is 21.7. The summed E-state index contributed by atoms with van der Waals surface area (Å²) in [5.41, 5.74) is 0.0559. The Hall–Kier alpha value is -1.97. The number of nitrogens with zero attached hydrogens (tertiary/aromatic N) is 1. The summed E-state index contributed by atoms with van der Waals surface area (Å²) in [7, 11) is 0. The van der Waals surface area contributed by atoms with E-state index in [1.54, 1.807) is 4.90 Å².